The molecule has 1 N–H and O–H groups in total. The number of aliphatic hydroxyl groups excluding tert-OH is 1. The zero-order valence-corrected chi connectivity index (χ0v) is 31.5. The molecule has 0 aromatic heterocycles. The molecule has 46 heavy (non-hydrogen) atoms. The summed E-state index contributed by atoms with van der Waals surface area (Å²) in [5.74, 6) is 0.0205. The molecule has 0 bridgehead atoms. The number of hydrogen-bond acceptors (Lipinski definition) is 3. The Hall–Kier alpha value is -0.830. The molecule has 0 fully saturated rings. The van der Waals surface area contributed by atoms with E-state index >= 15 is 0 Å². The molecule has 0 aromatic carbocycles. The molecule has 0 radical (unpaired) electrons. The summed E-state index contributed by atoms with van der Waals surface area (Å²) < 4.78 is 5.46. The van der Waals surface area contributed by atoms with E-state index in [-0.39, 0.29) is 5.97 Å². The first-order valence-corrected chi connectivity index (χ1v) is 21.2. The van der Waals surface area contributed by atoms with Crippen LogP contribution in [0.1, 0.15) is 244 Å². The van der Waals surface area contributed by atoms with Crippen molar-refractivity contribution in [3.8, 4) is 0 Å². The molecule has 274 valence electrons. The van der Waals surface area contributed by atoms with Crippen LogP contribution in [0.15, 0.2) is 12.2 Å². The molecule has 0 aliphatic carbocycles. The second-order valence-electron chi connectivity index (χ2n) is 14.4. The number of ether oxygens (including phenoxy) is 1. The first-order valence-electron chi connectivity index (χ1n) is 21.2. The Labute approximate surface area is 289 Å². The van der Waals surface area contributed by atoms with Crippen molar-refractivity contribution in [1.82, 2.24) is 0 Å². The van der Waals surface area contributed by atoms with E-state index in [9.17, 15) is 4.79 Å². The van der Waals surface area contributed by atoms with Crippen LogP contribution in [-0.4, -0.2) is 24.3 Å². The van der Waals surface area contributed by atoms with Gasteiger partial charge in [-0.15, -0.1) is 0 Å². The average Bonchev–Trinajstić information content (AvgIpc) is 3.06. The number of unbranched alkanes of at least 4 members (excludes halogenated alkanes) is 33. The summed E-state index contributed by atoms with van der Waals surface area (Å²) in [7, 11) is 0. The van der Waals surface area contributed by atoms with Crippen LogP contribution < -0.4 is 0 Å². The van der Waals surface area contributed by atoms with E-state index in [4.69, 9.17) is 9.84 Å². The van der Waals surface area contributed by atoms with Gasteiger partial charge in [-0.05, 0) is 44.9 Å². The maximum Gasteiger partial charge on any atom is 0.305 e. The van der Waals surface area contributed by atoms with Gasteiger partial charge >= 0.3 is 5.97 Å². The van der Waals surface area contributed by atoms with Gasteiger partial charge < -0.3 is 9.84 Å². The van der Waals surface area contributed by atoms with Crippen LogP contribution in [0.25, 0.3) is 0 Å². The second-order valence-corrected chi connectivity index (χ2v) is 14.4. The van der Waals surface area contributed by atoms with E-state index in [0.717, 1.165) is 19.3 Å². The van der Waals surface area contributed by atoms with Crippen molar-refractivity contribution in [3.63, 3.8) is 0 Å². The Morgan fingerprint density at radius 1 is 0.413 bits per heavy atom. The minimum atomic E-state index is 0.0205. The Balaban J connectivity index is 3.16. The maximum absolute atomic E-state index is 12.0. The van der Waals surface area contributed by atoms with E-state index in [1.165, 1.54) is 212 Å². The standard InChI is InChI=1S/C43H84O3/c1-2-3-4-5-6-7-8-9-10-16-19-22-25-28-31-34-37-40-43(45)46-42-39-36-33-30-27-24-21-18-15-13-11-12-14-17-20-23-26-29-32-35-38-41-44/h7-8,44H,2-6,9-42H2,1H3. The topological polar surface area (TPSA) is 46.5 Å². The van der Waals surface area contributed by atoms with Gasteiger partial charge in [0.25, 0.3) is 0 Å². The van der Waals surface area contributed by atoms with E-state index in [0.29, 0.717) is 19.6 Å². The molecule has 0 saturated heterocycles. The number of esters is 1. The van der Waals surface area contributed by atoms with Crippen LogP contribution in [0.4, 0.5) is 0 Å². The summed E-state index contributed by atoms with van der Waals surface area (Å²) in [6, 6.07) is 0. The van der Waals surface area contributed by atoms with Crippen LogP contribution in [0.3, 0.4) is 0 Å². The third kappa shape index (κ3) is 41.2. The molecule has 3 nitrogen and oxygen atoms in total. The fraction of sp³-hybridized carbons (Fsp3) is 0.930. The van der Waals surface area contributed by atoms with Crippen molar-refractivity contribution < 1.29 is 14.6 Å². The molecule has 0 spiro atoms. The van der Waals surface area contributed by atoms with E-state index < -0.39 is 0 Å². The highest BCUT2D eigenvalue weighted by atomic mass is 16.5. The summed E-state index contributed by atoms with van der Waals surface area (Å²) in [5.41, 5.74) is 0. The molecule has 0 unspecified atom stereocenters. The fourth-order valence-corrected chi connectivity index (χ4v) is 6.52. The van der Waals surface area contributed by atoms with Crippen molar-refractivity contribution in [3.05, 3.63) is 12.2 Å². The van der Waals surface area contributed by atoms with Crippen LogP contribution in [0.5, 0.6) is 0 Å². The highest BCUT2D eigenvalue weighted by Crippen LogP contribution is 2.16. The Morgan fingerprint density at radius 3 is 1.09 bits per heavy atom. The molecule has 0 aromatic rings. The average molecular weight is 649 g/mol. The molecular formula is C43H84O3. The van der Waals surface area contributed by atoms with Crippen LogP contribution >= 0.6 is 0 Å². The molecule has 0 aliphatic rings. The summed E-state index contributed by atoms with van der Waals surface area (Å²) in [4.78, 5) is 12.0. The number of hydrogen-bond donors (Lipinski definition) is 1. The van der Waals surface area contributed by atoms with Crippen molar-refractivity contribution in [2.45, 2.75) is 244 Å². The lowest BCUT2D eigenvalue weighted by atomic mass is 10.0. The predicted molar refractivity (Wildman–Crippen MR) is 204 cm³/mol. The van der Waals surface area contributed by atoms with Crippen LogP contribution in [0.2, 0.25) is 0 Å². The first kappa shape index (κ1) is 45.2. The van der Waals surface area contributed by atoms with Crippen molar-refractivity contribution >= 4 is 5.97 Å². The summed E-state index contributed by atoms with van der Waals surface area (Å²) in [6.45, 7) is 3.26. The van der Waals surface area contributed by atoms with E-state index in [1.54, 1.807) is 0 Å². The van der Waals surface area contributed by atoms with Gasteiger partial charge in [0.05, 0.1) is 6.61 Å². The van der Waals surface area contributed by atoms with Crippen LogP contribution in [-0.2, 0) is 9.53 Å². The molecule has 0 aliphatic heterocycles. The lowest BCUT2D eigenvalue weighted by molar-refractivity contribution is -0.143. The third-order valence-electron chi connectivity index (χ3n) is 9.71. The molecule has 0 rings (SSSR count). The smallest absolute Gasteiger partial charge is 0.305 e. The monoisotopic (exact) mass is 649 g/mol. The van der Waals surface area contributed by atoms with Gasteiger partial charge in [0.2, 0.25) is 0 Å². The van der Waals surface area contributed by atoms with Gasteiger partial charge in [0.15, 0.2) is 0 Å². The van der Waals surface area contributed by atoms with Crippen molar-refractivity contribution in [2.24, 2.45) is 0 Å². The van der Waals surface area contributed by atoms with Crippen LogP contribution in [0, 0.1) is 0 Å². The lowest BCUT2D eigenvalue weighted by Crippen LogP contribution is -2.05. The number of aliphatic hydroxyl groups is 1. The highest BCUT2D eigenvalue weighted by Gasteiger charge is 2.03. The zero-order valence-electron chi connectivity index (χ0n) is 31.5. The number of carbonyl (C=O) groups excluding carboxylic acids is 1. The van der Waals surface area contributed by atoms with Gasteiger partial charge in [-0.1, -0.05) is 205 Å². The minimum absolute atomic E-state index is 0.0205. The fourth-order valence-electron chi connectivity index (χ4n) is 6.52. The lowest BCUT2D eigenvalue weighted by Gasteiger charge is -2.06. The summed E-state index contributed by atoms with van der Waals surface area (Å²) in [5, 5.41) is 8.80. The van der Waals surface area contributed by atoms with Crippen molar-refractivity contribution in [1.29, 1.82) is 0 Å². The molecule has 0 saturated carbocycles. The molecule has 0 amide bonds. The molecule has 3 heteroatoms. The van der Waals surface area contributed by atoms with Crippen molar-refractivity contribution in [2.75, 3.05) is 13.2 Å². The molecular weight excluding hydrogens is 564 g/mol. The largest absolute Gasteiger partial charge is 0.466 e. The normalized spacial score (nSPS) is 11.6. The van der Waals surface area contributed by atoms with Gasteiger partial charge in [-0.2, -0.15) is 0 Å². The SMILES string of the molecule is CCCCCCC=CCCCCCCCCCCCC(=O)OCCCCCCCCCCCCCCCCCCCCCCCO. The predicted octanol–water partition coefficient (Wildman–Crippen LogP) is 14.5. The first-order chi connectivity index (χ1) is 22.8. The highest BCUT2D eigenvalue weighted by molar-refractivity contribution is 5.69. The zero-order chi connectivity index (χ0) is 33.3. The minimum Gasteiger partial charge on any atom is -0.466 e. The Morgan fingerprint density at radius 2 is 0.717 bits per heavy atom. The maximum atomic E-state index is 12.0. The number of carbonyl (C=O) groups is 1. The quantitative estimate of drug-likeness (QED) is 0.0408. The summed E-state index contributed by atoms with van der Waals surface area (Å²) >= 11 is 0. The Kier molecular flexibility index (Phi) is 41.4. The van der Waals surface area contributed by atoms with Gasteiger partial charge in [-0.25, -0.2) is 0 Å². The number of rotatable bonds is 40. The second kappa shape index (κ2) is 42.2. The summed E-state index contributed by atoms with van der Waals surface area (Å²) in [6.07, 6.45) is 53.1. The van der Waals surface area contributed by atoms with E-state index in [1.807, 2.05) is 0 Å². The molecule has 0 atom stereocenters. The van der Waals surface area contributed by atoms with Gasteiger partial charge in [0, 0.05) is 13.0 Å². The number of allylic oxidation sites excluding steroid dienone is 2. The Bertz CT molecular complexity index is 587. The van der Waals surface area contributed by atoms with E-state index in [2.05, 4.69) is 19.1 Å². The third-order valence-corrected chi connectivity index (χ3v) is 9.71. The molecule has 0 heterocycles. The van der Waals surface area contributed by atoms with Gasteiger partial charge in [-0.3, -0.25) is 4.79 Å². The van der Waals surface area contributed by atoms with Gasteiger partial charge in [0.1, 0.15) is 0 Å².